The van der Waals surface area contributed by atoms with E-state index in [1.807, 2.05) is 12.1 Å². The molecule has 104 valence electrons. The predicted molar refractivity (Wildman–Crippen MR) is 76.4 cm³/mol. The van der Waals surface area contributed by atoms with Crippen molar-refractivity contribution in [2.75, 3.05) is 0 Å². The van der Waals surface area contributed by atoms with Gasteiger partial charge in [-0.25, -0.2) is 4.39 Å². The molecule has 2 heteroatoms. The molecule has 19 heavy (non-hydrogen) atoms. The van der Waals surface area contributed by atoms with Gasteiger partial charge in [-0.15, -0.1) is 0 Å². The first-order valence-electron chi connectivity index (χ1n) is 7.58. The molecule has 1 aromatic rings. The third kappa shape index (κ3) is 2.84. The SMILES string of the molecule is CC1(C)CCCC1NC(c1ccc(F)cc1)C1CC1. The molecule has 2 fully saturated rings. The second-order valence-corrected chi connectivity index (χ2v) is 6.97. The summed E-state index contributed by atoms with van der Waals surface area (Å²) in [6, 6.07) is 8.10. The van der Waals surface area contributed by atoms with Crippen LogP contribution in [-0.2, 0) is 0 Å². The van der Waals surface area contributed by atoms with Gasteiger partial charge in [0.1, 0.15) is 5.82 Å². The van der Waals surface area contributed by atoms with E-state index in [-0.39, 0.29) is 5.82 Å². The molecule has 0 amide bonds. The van der Waals surface area contributed by atoms with E-state index in [4.69, 9.17) is 0 Å². The van der Waals surface area contributed by atoms with Crippen molar-refractivity contribution in [3.63, 3.8) is 0 Å². The lowest BCUT2D eigenvalue weighted by Crippen LogP contribution is -2.40. The first-order chi connectivity index (χ1) is 9.06. The van der Waals surface area contributed by atoms with Crippen LogP contribution in [0.4, 0.5) is 4.39 Å². The van der Waals surface area contributed by atoms with Gasteiger partial charge in [0, 0.05) is 12.1 Å². The van der Waals surface area contributed by atoms with Crippen LogP contribution in [0.1, 0.15) is 57.6 Å². The lowest BCUT2D eigenvalue weighted by Gasteiger charge is -2.32. The van der Waals surface area contributed by atoms with Crippen molar-refractivity contribution in [2.24, 2.45) is 11.3 Å². The molecule has 0 saturated heterocycles. The Balaban J connectivity index is 1.76. The molecule has 0 radical (unpaired) electrons. The van der Waals surface area contributed by atoms with Gasteiger partial charge in [0.25, 0.3) is 0 Å². The molecule has 1 N–H and O–H groups in total. The fraction of sp³-hybridized carbons (Fsp3) is 0.647. The van der Waals surface area contributed by atoms with E-state index in [1.54, 1.807) is 12.1 Å². The summed E-state index contributed by atoms with van der Waals surface area (Å²) in [4.78, 5) is 0. The molecule has 2 unspecified atom stereocenters. The minimum Gasteiger partial charge on any atom is -0.306 e. The highest BCUT2D eigenvalue weighted by atomic mass is 19.1. The Bertz CT molecular complexity index is 433. The molecule has 2 saturated carbocycles. The molecule has 0 aliphatic heterocycles. The second-order valence-electron chi connectivity index (χ2n) is 6.97. The van der Waals surface area contributed by atoms with Crippen molar-refractivity contribution in [1.82, 2.24) is 5.32 Å². The maximum absolute atomic E-state index is 13.1. The Kier molecular flexibility index (Phi) is 3.38. The smallest absolute Gasteiger partial charge is 0.123 e. The summed E-state index contributed by atoms with van der Waals surface area (Å²) >= 11 is 0. The summed E-state index contributed by atoms with van der Waals surface area (Å²) in [5.41, 5.74) is 1.65. The molecule has 0 aromatic heterocycles. The lowest BCUT2D eigenvalue weighted by molar-refractivity contribution is 0.252. The van der Waals surface area contributed by atoms with E-state index >= 15 is 0 Å². The average molecular weight is 261 g/mol. The highest BCUT2D eigenvalue weighted by Crippen LogP contribution is 2.44. The molecule has 2 aliphatic rings. The van der Waals surface area contributed by atoms with Crippen molar-refractivity contribution in [2.45, 2.75) is 58.0 Å². The Morgan fingerprint density at radius 2 is 1.84 bits per heavy atom. The van der Waals surface area contributed by atoms with Crippen LogP contribution in [0.2, 0.25) is 0 Å². The molecule has 2 atom stereocenters. The molecule has 0 spiro atoms. The predicted octanol–water partition coefficient (Wildman–Crippen LogP) is 4.45. The number of hydrogen-bond acceptors (Lipinski definition) is 1. The number of hydrogen-bond donors (Lipinski definition) is 1. The Morgan fingerprint density at radius 3 is 2.37 bits per heavy atom. The largest absolute Gasteiger partial charge is 0.306 e. The molecular formula is C17H24FN. The van der Waals surface area contributed by atoms with Gasteiger partial charge in [-0.05, 0) is 54.7 Å². The van der Waals surface area contributed by atoms with Gasteiger partial charge in [0.15, 0.2) is 0 Å². The average Bonchev–Trinajstić information content (AvgIpc) is 3.14. The molecular weight excluding hydrogens is 237 g/mol. The van der Waals surface area contributed by atoms with Crippen molar-refractivity contribution >= 4 is 0 Å². The quantitative estimate of drug-likeness (QED) is 0.844. The molecule has 3 rings (SSSR count). The topological polar surface area (TPSA) is 12.0 Å². The van der Waals surface area contributed by atoms with E-state index in [0.29, 0.717) is 17.5 Å². The molecule has 1 aromatic carbocycles. The van der Waals surface area contributed by atoms with E-state index in [1.165, 1.54) is 37.7 Å². The Labute approximate surface area is 115 Å². The Morgan fingerprint density at radius 1 is 1.16 bits per heavy atom. The number of nitrogens with one attached hydrogen (secondary N) is 1. The standard InChI is InChI=1S/C17H24FN/c1-17(2)11-3-4-15(17)19-16(12-5-6-12)13-7-9-14(18)10-8-13/h7-10,12,15-16,19H,3-6,11H2,1-2H3. The normalized spacial score (nSPS) is 27.4. The molecule has 0 heterocycles. The number of benzene rings is 1. The van der Waals surface area contributed by atoms with Gasteiger partial charge >= 0.3 is 0 Å². The maximum atomic E-state index is 13.1. The van der Waals surface area contributed by atoms with Gasteiger partial charge in [-0.2, -0.15) is 0 Å². The highest BCUT2D eigenvalue weighted by Gasteiger charge is 2.39. The van der Waals surface area contributed by atoms with Crippen LogP contribution in [0.15, 0.2) is 24.3 Å². The van der Waals surface area contributed by atoms with E-state index < -0.39 is 0 Å². The van der Waals surface area contributed by atoms with Crippen LogP contribution >= 0.6 is 0 Å². The van der Waals surface area contributed by atoms with E-state index in [9.17, 15) is 4.39 Å². The van der Waals surface area contributed by atoms with Crippen molar-refractivity contribution in [1.29, 1.82) is 0 Å². The van der Waals surface area contributed by atoms with Crippen molar-refractivity contribution in [3.05, 3.63) is 35.6 Å². The lowest BCUT2D eigenvalue weighted by atomic mass is 9.86. The summed E-state index contributed by atoms with van der Waals surface area (Å²) in [7, 11) is 0. The first-order valence-corrected chi connectivity index (χ1v) is 7.58. The zero-order valence-electron chi connectivity index (χ0n) is 12.0. The van der Waals surface area contributed by atoms with Gasteiger partial charge in [0.2, 0.25) is 0 Å². The van der Waals surface area contributed by atoms with Gasteiger partial charge < -0.3 is 5.32 Å². The second kappa shape index (κ2) is 4.90. The molecule has 0 bridgehead atoms. The van der Waals surface area contributed by atoms with Gasteiger partial charge in [-0.1, -0.05) is 32.4 Å². The summed E-state index contributed by atoms with van der Waals surface area (Å²) in [5, 5.41) is 3.88. The van der Waals surface area contributed by atoms with Crippen molar-refractivity contribution < 1.29 is 4.39 Å². The molecule has 2 aliphatic carbocycles. The number of halogens is 1. The van der Waals surface area contributed by atoms with Crippen LogP contribution in [0.5, 0.6) is 0 Å². The highest BCUT2D eigenvalue weighted by molar-refractivity contribution is 5.22. The van der Waals surface area contributed by atoms with E-state index in [0.717, 1.165) is 5.92 Å². The fourth-order valence-electron chi connectivity index (χ4n) is 3.46. The van der Waals surface area contributed by atoms with Gasteiger partial charge in [-0.3, -0.25) is 0 Å². The summed E-state index contributed by atoms with van der Waals surface area (Å²) in [6.07, 6.45) is 6.53. The third-order valence-electron chi connectivity index (χ3n) is 4.96. The van der Waals surface area contributed by atoms with Crippen LogP contribution in [-0.4, -0.2) is 6.04 Å². The van der Waals surface area contributed by atoms with Crippen LogP contribution in [0, 0.1) is 17.2 Å². The zero-order valence-corrected chi connectivity index (χ0v) is 12.0. The number of rotatable bonds is 4. The fourth-order valence-corrected chi connectivity index (χ4v) is 3.46. The first kappa shape index (κ1) is 13.1. The minimum absolute atomic E-state index is 0.139. The minimum atomic E-state index is -0.139. The van der Waals surface area contributed by atoms with Crippen LogP contribution < -0.4 is 5.32 Å². The van der Waals surface area contributed by atoms with Gasteiger partial charge in [0.05, 0.1) is 0 Å². The van der Waals surface area contributed by atoms with Crippen molar-refractivity contribution in [3.8, 4) is 0 Å². The van der Waals surface area contributed by atoms with Crippen LogP contribution in [0.3, 0.4) is 0 Å². The summed E-state index contributed by atoms with van der Waals surface area (Å²) in [5.74, 6) is 0.612. The monoisotopic (exact) mass is 261 g/mol. The zero-order chi connectivity index (χ0) is 13.5. The summed E-state index contributed by atoms with van der Waals surface area (Å²) < 4.78 is 13.1. The third-order valence-corrected chi connectivity index (χ3v) is 4.96. The summed E-state index contributed by atoms with van der Waals surface area (Å²) in [6.45, 7) is 4.73. The van der Waals surface area contributed by atoms with Crippen LogP contribution in [0.25, 0.3) is 0 Å². The van der Waals surface area contributed by atoms with E-state index in [2.05, 4.69) is 19.2 Å². The molecule has 1 nitrogen and oxygen atoms in total. The Hall–Kier alpha value is -0.890. The maximum Gasteiger partial charge on any atom is 0.123 e.